The summed E-state index contributed by atoms with van der Waals surface area (Å²) in [6, 6.07) is 7.72. The molecule has 0 aliphatic carbocycles. The summed E-state index contributed by atoms with van der Waals surface area (Å²) in [5, 5.41) is 3.20. The maximum Gasteiger partial charge on any atom is 0.225 e. The molecule has 0 unspecified atom stereocenters. The number of carbonyl (C=O) groups is 1. The first-order chi connectivity index (χ1) is 10.7. The molecule has 0 radical (unpaired) electrons. The number of nitrogens with one attached hydrogen (secondary N) is 1. The first-order valence-corrected chi connectivity index (χ1v) is 8.79. The molecule has 1 amide bonds. The number of nitrogens with zero attached hydrogens (tertiary/aromatic N) is 1. The van der Waals surface area contributed by atoms with Crippen molar-refractivity contribution in [2.24, 2.45) is 5.92 Å². The second kappa shape index (κ2) is 9.16. The fourth-order valence-electron chi connectivity index (χ4n) is 2.79. The van der Waals surface area contributed by atoms with Crippen molar-refractivity contribution in [3.05, 3.63) is 28.7 Å². The van der Waals surface area contributed by atoms with Crippen LogP contribution in [0.25, 0.3) is 0 Å². The zero-order chi connectivity index (χ0) is 15.8. The maximum atomic E-state index is 12.2. The monoisotopic (exact) mass is 368 g/mol. The zero-order valence-corrected chi connectivity index (χ0v) is 14.8. The van der Waals surface area contributed by atoms with Crippen LogP contribution in [0.5, 0.6) is 5.75 Å². The number of hydrogen-bond donors (Lipinski definition) is 1. The van der Waals surface area contributed by atoms with Crippen LogP contribution in [-0.2, 0) is 4.79 Å². The average molecular weight is 369 g/mol. The quantitative estimate of drug-likeness (QED) is 0.803. The van der Waals surface area contributed by atoms with Crippen molar-refractivity contribution in [3.8, 4) is 5.75 Å². The van der Waals surface area contributed by atoms with Gasteiger partial charge in [0, 0.05) is 13.1 Å². The van der Waals surface area contributed by atoms with E-state index >= 15 is 0 Å². The predicted molar refractivity (Wildman–Crippen MR) is 92.1 cm³/mol. The van der Waals surface area contributed by atoms with E-state index < -0.39 is 0 Å². The normalized spacial score (nSPS) is 15.8. The molecule has 22 heavy (non-hydrogen) atoms. The highest BCUT2D eigenvalue weighted by Crippen LogP contribution is 2.24. The molecule has 4 nitrogen and oxygen atoms in total. The van der Waals surface area contributed by atoms with Crippen molar-refractivity contribution >= 4 is 21.8 Å². The molecule has 2 rings (SSSR count). The largest absolute Gasteiger partial charge is 0.492 e. The van der Waals surface area contributed by atoms with Crippen molar-refractivity contribution in [1.82, 2.24) is 10.2 Å². The molecule has 5 heteroatoms. The van der Waals surface area contributed by atoms with Gasteiger partial charge in [-0.25, -0.2) is 0 Å². The second-order valence-corrected chi connectivity index (χ2v) is 6.60. The molecular weight excluding hydrogens is 344 g/mol. The number of carbonyl (C=O) groups excluding carboxylic acids is 1. The Hall–Kier alpha value is -1.07. The molecule has 0 saturated carbocycles. The summed E-state index contributed by atoms with van der Waals surface area (Å²) in [7, 11) is 1.99. The van der Waals surface area contributed by atoms with Gasteiger partial charge in [-0.1, -0.05) is 12.1 Å². The zero-order valence-electron chi connectivity index (χ0n) is 13.2. The molecule has 1 aromatic carbocycles. The van der Waals surface area contributed by atoms with E-state index in [0.29, 0.717) is 13.0 Å². The van der Waals surface area contributed by atoms with Crippen molar-refractivity contribution < 1.29 is 9.53 Å². The molecule has 1 aliphatic heterocycles. The van der Waals surface area contributed by atoms with Gasteiger partial charge in [0.05, 0.1) is 17.5 Å². The Morgan fingerprint density at radius 1 is 1.36 bits per heavy atom. The number of piperidine rings is 1. The highest BCUT2D eigenvalue weighted by molar-refractivity contribution is 9.10. The average Bonchev–Trinajstić information content (AvgIpc) is 2.55. The van der Waals surface area contributed by atoms with E-state index in [0.717, 1.165) is 48.6 Å². The Morgan fingerprint density at radius 2 is 2.09 bits per heavy atom. The SMILES string of the molecule is CNCCC1CCN(C(=O)CCOc2ccccc2Br)CC1. The summed E-state index contributed by atoms with van der Waals surface area (Å²) in [4.78, 5) is 14.2. The van der Waals surface area contributed by atoms with E-state index in [4.69, 9.17) is 4.74 Å². The standard InChI is InChI=1S/C17H25BrN2O2/c1-19-10-6-14-7-11-20(12-8-14)17(21)9-13-22-16-5-3-2-4-15(16)18/h2-5,14,19H,6-13H2,1H3. The molecule has 1 aromatic rings. The molecule has 0 bridgehead atoms. The summed E-state index contributed by atoms with van der Waals surface area (Å²) < 4.78 is 6.59. The topological polar surface area (TPSA) is 41.6 Å². The van der Waals surface area contributed by atoms with Crippen LogP contribution < -0.4 is 10.1 Å². The number of halogens is 1. The number of likely N-dealkylation sites (tertiary alicyclic amines) is 1. The van der Waals surface area contributed by atoms with E-state index in [1.54, 1.807) is 0 Å². The Bertz CT molecular complexity index is 473. The van der Waals surface area contributed by atoms with Gasteiger partial charge in [0.15, 0.2) is 0 Å². The van der Waals surface area contributed by atoms with Crippen LogP contribution in [0.15, 0.2) is 28.7 Å². The van der Waals surface area contributed by atoms with Crippen molar-refractivity contribution in [2.75, 3.05) is 33.3 Å². The van der Waals surface area contributed by atoms with Crippen molar-refractivity contribution in [1.29, 1.82) is 0 Å². The predicted octanol–water partition coefficient (Wildman–Crippen LogP) is 3.07. The first-order valence-electron chi connectivity index (χ1n) is 8.00. The van der Waals surface area contributed by atoms with Crippen molar-refractivity contribution in [2.45, 2.75) is 25.7 Å². The fourth-order valence-corrected chi connectivity index (χ4v) is 3.19. The van der Waals surface area contributed by atoms with Crippen LogP contribution in [0.4, 0.5) is 0 Å². The van der Waals surface area contributed by atoms with Gasteiger partial charge in [0.2, 0.25) is 5.91 Å². The van der Waals surface area contributed by atoms with Gasteiger partial charge in [-0.2, -0.15) is 0 Å². The number of amides is 1. The molecule has 1 aliphatic rings. The van der Waals surface area contributed by atoms with Crippen LogP contribution in [0, 0.1) is 5.92 Å². The van der Waals surface area contributed by atoms with E-state index in [1.807, 2.05) is 36.2 Å². The summed E-state index contributed by atoms with van der Waals surface area (Å²) in [5.41, 5.74) is 0. The Labute approximate surface area is 141 Å². The molecule has 122 valence electrons. The van der Waals surface area contributed by atoms with E-state index in [1.165, 1.54) is 6.42 Å². The molecule has 1 fully saturated rings. The van der Waals surface area contributed by atoms with Gasteiger partial charge < -0.3 is 15.0 Å². The molecule has 1 N–H and O–H groups in total. The molecule has 1 heterocycles. The lowest BCUT2D eigenvalue weighted by Gasteiger charge is -2.32. The van der Waals surface area contributed by atoms with Gasteiger partial charge in [-0.3, -0.25) is 4.79 Å². The van der Waals surface area contributed by atoms with E-state index in [9.17, 15) is 4.79 Å². The number of benzene rings is 1. The minimum Gasteiger partial charge on any atom is -0.492 e. The van der Waals surface area contributed by atoms with Crippen LogP contribution in [0.2, 0.25) is 0 Å². The van der Waals surface area contributed by atoms with Gasteiger partial charge in [-0.05, 0) is 66.8 Å². The summed E-state index contributed by atoms with van der Waals surface area (Å²) in [6.07, 6.45) is 3.91. The lowest BCUT2D eigenvalue weighted by molar-refractivity contribution is -0.133. The van der Waals surface area contributed by atoms with Crippen LogP contribution in [0.1, 0.15) is 25.7 Å². The number of para-hydroxylation sites is 1. The summed E-state index contributed by atoms with van der Waals surface area (Å²) in [6.45, 7) is 3.28. The molecule has 0 atom stereocenters. The summed E-state index contributed by atoms with van der Waals surface area (Å²) >= 11 is 3.44. The molecule has 1 saturated heterocycles. The Kier molecular flexibility index (Phi) is 7.19. The van der Waals surface area contributed by atoms with Gasteiger partial charge >= 0.3 is 0 Å². The van der Waals surface area contributed by atoms with Crippen LogP contribution in [-0.4, -0.2) is 44.1 Å². The third kappa shape index (κ3) is 5.29. The minimum absolute atomic E-state index is 0.208. The van der Waals surface area contributed by atoms with Gasteiger partial charge in [0.1, 0.15) is 5.75 Å². The Morgan fingerprint density at radius 3 is 2.77 bits per heavy atom. The Balaban J connectivity index is 1.67. The van der Waals surface area contributed by atoms with Gasteiger partial charge in [-0.15, -0.1) is 0 Å². The van der Waals surface area contributed by atoms with Crippen LogP contribution >= 0.6 is 15.9 Å². The van der Waals surface area contributed by atoms with Gasteiger partial charge in [0.25, 0.3) is 0 Å². The first kappa shape index (κ1) is 17.3. The third-order valence-corrected chi connectivity index (χ3v) is 4.84. The third-order valence-electron chi connectivity index (χ3n) is 4.18. The molecule has 0 spiro atoms. The maximum absolute atomic E-state index is 12.2. The summed E-state index contributed by atoms with van der Waals surface area (Å²) in [5.74, 6) is 1.76. The smallest absolute Gasteiger partial charge is 0.225 e. The number of hydrogen-bond acceptors (Lipinski definition) is 3. The minimum atomic E-state index is 0.208. The highest BCUT2D eigenvalue weighted by Gasteiger charge is 2.22. The fraction of sp³-hybridized carbons (Fsp3) is 0.588. The lowest BCUT2D eigenvalue weighted by atomic mass is 9.93. The lowest BCUT2D eigenvalue weighted by Crippen LogP contribution is -2.39. The van der Waals surface area contributed by atoms with E-state index in [2.05, 4.69) is 21.2 Å². The number of rotatable bonds is 7. The second-order valence-electron chi connectivity index (χ2n) is 5.75. The molecular formula is C17H25BrN2O2. The number of ether oxygens (including phenoxy) is 1. The van der Waals surface area contributed by atoms with Crippen molar-refractivity contribution in [3.63, 3.8) is 0 Å². The van der Waals surface area contributed by atoms with E-state index in [-0.39, 0.29) is 5.91 Å². The van der Waals surface area contributed by atoms with Crippen LogP contribution in [0.3, 0.4) is 0 Å². The highest BCUT2D eigenvalue weighted by atomic mass is 79.9. The molecule has 0 aromatic heterocycles.